The molecular formula is C20H35BO2. The molecule has 23 heavy (non-hydrogen) atoms. The van der Waals surface area contributed by atoms with E-state index >= 15 is 0 Å². The van der Waals surface area contributed by atoms with E-state index in [4.69, 9.17) is 9.31 Å². The highest BCUT2D eigenvalue weighted by atomic mass is 16.7. The van der Waals surface area contributed by atoms with Crippen LogP contribution >= 0.6 is 0 Å². The van der Waals surface area contributed by atoms with Gasteiger partial charge in [0.25, 0.3) is 0 Å². The van der Waals surface area contributed by atoms with Crippen molar-refractivity contribution in [3.63, 3.8) is 0 Å². The van der Waals surface area contributed by atoms with E-state index in [1.807, 2.05) is 12.2 Å². The summed E-state index contributed by atoms with van der Waals surface area (Å²) in [7, 11) is -0.242. The van der Waals surface area contributed by atoms with Gasteiger partial charge >= 0.3 is 7.12 Å². The van der Waals surface area contributed by atoms with Gasteiger partial charge in [-0.05, 0) is 71.7 Å². The SMILES string of the molecule is C=CCCC/C(CCCC)=C(\CC=C)B1OC(C)(C)C(C)(C)O1. The zero-order valence-electron chi connectivity index (χ0n) is 15.9. The van der Waals surface area contributed by atoms with Crippen molar-refractivity contribution in [2.45, 2.75) is 90.8 Å². The monoisotopic (exact) mass is 318 g/mol. The quantitative estimate of drug-likeness (QED) is 0.278. The van der Waals surface area contributed by atoms with Crippen LogP contribution in [-0.4, -0.2) is 18.3 Å². The first-order valence-electron chi connectivity index (χ1n) is 9.07. The molecule has 1 aliphatic rings. The van der Waals surface area contributed by atoms with Gasteiger partial charge < -0.3 is 9.31 Å². The van der Waals surface area contributed by atoms with Gasteiger partial charge in [0.2, 0.25) is 0 Å². The molecular weight excluding hydrogens is 283 g/mol. The normalized spacial score (nSPS) is 20.3. The lowest BCUT2D eigenvalue weighted by atomic mass is 9.71. The van der Waals surface area contributed by atoms with E-state index in [1.165, 1.54) is 23.9 Å². The van der Waals surface area contributed by atoms with Crippen molar-refractivity contribution in [3.8, 4) is 0 Å². The molecule has 0 radical (unpaired) electrons. The molecule has 0 amide bonds. The van der Waals surface area contributed by atoms with Crippen molar-refractivity contribution in [1.82, 2.24) is 0 Å². The third kappa shape index (κ3) is 5.36. The molecule has 1 heterocycles. The standard InChI is InChI=1S/C20H35BO2/c1-8-11-13-16-17(15-12-9-2)18(14-10-3)21-22-19(4,5)20(6,7)23-21/h8,10H,1,3,9,11-16H2,2,4-7H3/b18-17+. The Labute approximate surface area is 144 Å². The smallest absolute Gasteiger partial charge is 0.400 e. The van der Waals surface area contributed by atoms with Crippen LogP contribution < -0.4 is 0 Å². The molecule has 1 saturated heterocycles. The topological polar surface area (TPSA) is 18.5 Å². The van der Waals surface area contributed by atoms with Gasteiger partial charge in [0.1, 0.15) is 0 Å². The maximum atomic E-state index is 6.30. The summed E-state index contributed by atoms with van der Waals surface area (Å²) in [4.78, 5) is 0. The Morgan fingerprint density at radius 1 is 0.957 bits per heavy atom. The first-order chi connectivity index (χ1) is 10.8. The molecule has 0 aromatic carbocycles. The van der Waals surface area contributed by atoms with E-state index in [9.17, 15) is 0 Å². The van der Waals surface area contributed by atoms with Crippen molar-refractivity contribution in [2.24, 2.45) is 0 Å². The van der Waals surface area contributed by atoms with Crippen LogP contribution in [0, 0.1) is 0 Å². The van der Waals surface area contributed by atoms with Gasteiger partial charge in [-0.15, -0.1) is 13.2 Å². The van der Waals surface area contributed by atoms with E-state index in [0.29, 0.717) is 0 Å². The molecule has 0 bridgehead atoms. The summed E-state index contributed by atoms with van der Waals surface area (Å²) < 4.78 is 12.6. The molecule has 1 aliphatic heterocycles. The van der Waals surface area contributed by atoms with E-state index in [0.717, 1.165) is 32.1 Å². The first kappa shape index (κ1) is 20.2. The molecule has 0 aromatic heterocycles. The van der Waals surface area contributed by atoms with Crippen LogP contribution in [-0.2, 0) is 9.31 Å². The van der Waals surface area contributed by atoms with Crippen LogP contribution in [0.15, 0.2) is 36.4 Å². The van der Waals surface area contributed by atoms with Crippen LogP contribution in [0.1, 0.15) is 79.6 Å². The second-order valence-electron chi connectivity index (χ2n) is 7.49. The van der Waals surface area contributed by atoms with Crippen LogP contribution in [0.25, 0.3) is 0 Å². The van der Waals surface area contributed by atoms with Crippen LogP contribution in [0.4, 0.5) is 0 Å². The molecule has 2 nitrogen and oxygen atoms in total. The third-order valence-corrected chi connectivity index (χ3v) is 5.08. The van der Waals surface area contributed by atoms with Crippen LogP contribution in [0.2, 0.25) is 0 Å². The lowest BCUT2D eigenvalue weighted by Gasteiger charge is -2.32. The molecule has 0 spiro atoms. The number of hydrogen-bond donors (Lipinski definition) is 0. The Bertz CT molecular complexity index is 419. The van der Waals surface area contributed by atoms with E-state index < -0.39 is 0 Å². The fraction of sp³-hybridized carbons (Fsp3) is 0.700. The third-order valence-electron chi connectivity index (χ3n) is 5.08. The fourth-order valence-electron chi connectivity index (χ4n) is 2.84. The summed E-state index contributed by atoms with van der Waals surface area (Å²) >= 11 is 0. The van der Waals surface area contributed by atoms with Crippen molar-refractivity contribution >= 4 is 7.12 Å². The summed E-state index contributed by atoms with van der Waals surface area (Å²) in [5.74, 6) is 0. The minimum Gasteiger partial charge on any atom is -0.400 e. The van der Waals surface area contributed by atoms with Crippen molar-refractivity contribution in [1.29, 1.82) is 0 Å². The Balaban J connectivity index is 3.05. The molecule has 0 saturated carbocycles. The summed E-state index contributed by atoms with van der Waals surface area (Å²) in [6.45, 7) is 18.5. The van der Waals surface area contributed by atoms with Crippen LogP contribution in [0.5, 0.6) is 0 Å². The van der Waals surface area contributed by atoms with Crippen molar-refractivity contribution in [3.05, 3.63) is 36.4 Å². The molecule has 0 atom stereocenters. The summed E-state index contributed by atoms with van der Waals surface area (Å²) in [6, 6.07) is 0. The zero-order valence-corrected chi connectivity index (χ0v) is 15.9. The largest absolute Gasteiger partial charge is 0.490 e. The highest BCUT2D eigenvalue weighted by Crippen LogP contribution is 2.40. The van der Waals surface area contributed by atoms with E-state index in [-0.39, 0.29) is 18.3 Å². The van der Waals surface area contributed by atoms with Gasteiger partial charge in [-0.3, -0.25) is 0 Å². The average molecular weight is 318 g/mol. The predicted molar refractivity (Wildman–Crippen MR) is 101 cm³/mol. The molecule has 1 rings (SSSR count). The second-order valence-corrected chi connectivity index (χ2v) is 7.49. The number of rotatable bonds is 10. The molecule has 0 unspecified atom stereocenters. The summed E-state index contributed by atoms with van der Waals surface area (Å²) in [5, 5.41) is 0. The molecule has 0 N–H and O–H groups in total. The average Bonchev–Trinajstić information content (AvgIpc) is 2.69. The highest BCUT2D eigenvalue weighted by Gasteiger charge is 2.52. The van der Waals surface area contributed by atoms with Gasteiger partial charge in [-0.2, -0.15) is 0 Å². The number of hydrogen-bond acceptors (Lipinski definition) is 2. The molecule has 3 heteroatoms. The Morgan fingerprint density at radius 2 is 1.52 bits per heavy atom. The van der Waals surface area contributed by atoms with E-state index in [2.05, 4.69) is 47.8 Å². The Morgan fingerprint density at radius 3 is 2.00 bits per heavy atom. The van der Waals surface area contributed by atoms with Crippen molar-refractivity contribution < 1.29 is 9.31 Å². The van der Waals surface area contributed by atoms with Gasteiger partial charge in [-0.25, -0.2) is 0 Å². The Hall–Kier alpha value is -0.795. The molecule has 0 aliphatic carbocycles. The lowest BCUT2D eigenvalue weighted by molar-refractivity contribution is 0.00578. The maximum Gasteiger partial charge on any atom is 0.490 e. The zero-order chi connectivity index (χ0) is 17.5. The number of allylic oxidation sites excluding steroid dienone is 4. The highest BCUT2D eigenvalue weighted by molar-refractivity contribution is 6.54. The fourth-order valence-corrected chi connectivity index (χ4v) is 2.84. The van der Waals surface area contributed by atoms with Crippen molar-refractivity contribution in [2.75, 3.05) is 0 Å². The Kier molecular flexibility index (Phi) is 7.83. The first-order valence-corrected chi connectivity index (χ1v) is 9.07. The lowest BCUT2D eigenvalue weighted by Crippen LogP contribution is -2.41. The second kappa shape index (κ2) is 8.89. The molecule has 0 aromatic rings. The predicted octanol–water partition coefficient (Wildman–Crippen LogP) is 6.04. The summed E-state index contributed by atoms with van der Waals surface area (Å²) in [5.41, 5.74) is 2.20. The minimum atomic E-state index is -0.291. The minimum absolute atomic E-state index is 0.242. The van der Waals surface area contributed by atoms with Gasteiger partial charge in [0.05, 0.1) is 11.2 Å². The number of unbranched alkanes of at least 4 members (excludes halogenated alkanes) is 2. The van der Waals surface area contributed by atoms with Gasteiger partial charge in [-0.1, -0.05) is 31.1 Å². The molecule has 1 fully saturated rings. The van der Waals surface area contributed by atoms with E-state index in [1.54, 1.807) is 0 Å². The maximum absolute atomic E-state index is 6.30. The van der Waals surface area contributed by atoms with Gasteiger partial charge in [0.15, 0.2) is 0 Å². The van der Waals surface area contributed by atoms with Crippen LogP contribution in [0.3, 0.4) is 0 Å². The molecule has 130 valence electrons. The summed E-state index contributed by atoms with van der Waals surface area (Å²) in [6.07, 6.45) is 11.6. The van der Waals surface area contributed by atoms with Gasteiger partial charge in [0, 0.05) is 0 Å².